The normalized spacial score (nSPS) is 10.4. The molecule has 0 aliphatic carbocycles. The molecule has 7 nitrogen and oxygen atoms in total. The molecule has 0 unspecified atom stereocenters. The van der Waals surface area contributed by atoms with Gasteiger partial charge in [0.1, 0.15) is 5.56 Å². The van der Waals surface area contributed by atoms with Crippen molar-refractivity contribution in [3.05, 3.63) is 46.0 Å². The zero-order valence-corrected chi connectivity index (χ0v) is 8.36. The van der Waals surface area contributed by atoms with Gasteiger partial charge in [-0.3, -0.25) is 14.9 Å². The van der Waals surface area contributed by atoms with Crippen LogP contribution in [0.2, 0.25) is 0 Å². The molecule has 0 aromatic heterocycles. The SMILES string of the molecule is O=C(O)/C=C/C(=O)c1cccc(O)c1[N+](=O)[O-]. The standard InChI is InChI=1S/C10H7NO6/c12-7(4-5-9(14)15)6-2-1-3-8(13)10(6)11(16)17/h1-5,13H,(H,14,15)/b5-4+. The van der Waals surface area contributed by atoms with Gasteiger partial charge in [-0.05, 0) is 18.2 Å². The van der Waals surface area contributed by atoms with Gasteiger partial charge in [-0.25, -0.2) is 4.79 Å². The number of carboxylic acids is 1. The van der Waals surface area contributed by atoms with Crippen LogP contribution >= 0.6 is 0 Å². The fourth-order valence-corrected chi connectivity index (χ4v) is 1.16. The lowest BCUT2D eigenvalue weighted by Crippen LogP contribution is -2.02. The lowest BCUT2D eigenvalue weighted by molar-refractivity contribution is -0.386. The Morgan fingerprint density at radius 3 is 2.47 bits per heavy atom. The first kappa shape index (κ1) is 12.4. The number of nitrogens with zero attached hydrogens (tertiary/aromatic N) is 1. The predicted molar refractivity (Wildman–Crippen MR) is 55.9 cm³/mol. The van der Waals surface area contributed by atoms with Crippen LogP contribution in [0.4, 0.5) is 5.69 Å². The zero-order valence-electron chi connectivity index (χ0n) is 8.36. The molecule has 0 fully saturated rings. The molecule has 1 aromatic rings. The summed E-state index contributed by atoms with van der Waals surface area (Å²) in [7, 11) is 0. The van der Waals surface area contributed by atoms with Crippen LogP contribution in [0.25, 0.3) is 0 Å². The molecule has 0 saturated heterocycles. The first-order chi connectivity index (χ1) is 7.93. The van der Waals surface area contributed by atoms with E-state index < -0.39 is 28.1 Å². The van der Waals surface area contributed by atoms with Crippen molar-refractivity contribution in [3.8, 4) is 5.75 Å². The van der Waals surface area contributed by atoms with Crippen LogP contribution in [0.1, 0.15) is 10.4 Å². The topological polar surface area (TPSA) is 118 Å². The van der Waals surface area contributed by atoms with Gasteiger partial charge in [-0.1, -0.05) is 6.07 Å². The highest BCUT2D eigenvalue weighted by molar-refractivity contribution is 6.09. The van der Waals surface area contributed by atoms with Crippen LogP contribution in [0, 0.1) is 10.1 Å². The van der Waals surface area contributed by atoms with Gasteiger partial charge in [-0.15, -0.1) is 0 Å². The van der Waals surface area contributed by atoms with Crippen LogP contribution in [0.3, 0.4) is 0 Å². The van der Waals surface area contributed by atoms with Crippen molar-refractivity contribution in [2.24, 2.45) is 0 Å². The lowest BCUT2D eigenvalue weighted by Gasteiger charge is -2.00. The molecule has 1 aromatic carbocycles. The number of phenolic OH excluding ortho intramolecular Hbond substituents is 1. The molecular weight excluding hydrogens is 230 g/mol. The van der Waals surface area contributed by atoms with E-state index in [2.05, 4.69) is 0 Å². The number of ketones is 1. The van der Waals surface area contributed by atoms with Crippen molar-refractivity contribution in [1.29, 1.82) is 0 Å². The summed E-state index contributed by atoms with van der Waals surface area (Å²) < 4.78 is 0. The first-order valence-corrected chi connectivity index (χ1v) is 4.35. The molecule has 1 rings (SSSR count). The second kappa shape index (κ2) is 4.88. The second-order valence-corrected chi connectivity index (χ2v) is 2.97. The van der Waals surface area contributed by atoms with Gasteiger partial charge in [0.15, 0.2) is 11.5 Å². The third-order valence-electron chi connectivity index (χ3n) is 1.84. The van der Waals surface area contributed by atoms with E-state index in [9.17, 15) is 24.8 Å². The number of para-hydroxylation sites is 1. The number of carbonyl (C=O) groups excluding carboxylic acids is 1. The smallest absolute Gasteiger partial charge is 0.328 e. The summed E-state index contributed by atoms with van der Waals surface area (Å²) in [6, 6.07) is 3.45. The average molecular weight is 237 g/mol. The number of carboxylic acid groups (broad SMARTS) is 1. The van der Waals surface area contributed by atoms with Crippen molar-refractivity contribution in [2.75, 3.05) is 0 Å². The van der Waals surface area contributed by atoms with Crippen LogP contribution < -0.4 is 0 Å². The van der Waals surface area contributed by atoms with Crippen molar-refractivity contribution >= 4 is 17.4 Å². The third kappa shape index (κ3) is 2.88. The summed E-state index contributed by atoms with van der Waals surface area (Å²) in [4.78, 5) is 31.4. The maximum atomic E-state index is 11.5. The van der Waals surface area contributed by atoms with Crippen molar-refractivity contribution in [1.82, 2.24) is 0 Å². The van der Waals surface area contributed by atoms with E-state index in [1.807, 2.05) is 0 Å². The molecule has 0 aliphatic rings. The minimum atomic E-state index is -1.35. The number of rotatable bonds is 4. The van der Waals surface area contributed by atoms with Crippen LogP contribution in [-0.4, -0.2) is 26.9 Å². The van der Waals surface area contributed by atoms with Gasteiger partial charge >= 0.3 is 11.7 Å². The Labute approximate surface area is 94.8 Å². The highest BCUT2D eigenvalue weighted by atomic mass is 16.6. The summed E-state index contributed by atoms with van der Waals surface area (Å²) in [6.45, 7) is 0. The Bertz CT molecular complexity index is 520. The molecule has 0 saturated carbocycles. The number of benzene rings is 1. The predicted octanol–water partition coefficient (Wildman–Crippen LogP) is 1.12. The number of phenols is 1. The Hall–Kier alpha value is -2.70. The summed E-state index contributed by atoms with van der Waals surface area (Å²) in [5.41, 5.74) is -1.11. The molecule has 2 N–H and O–H groups in total. The minimum absolute atomic E-state index is 0.368. The minimum Gasteiger partial charge on any atom is -0.502 e. The van der Waals surface area contributed by atoms with E-state index in [-0.39, 0.29) is 5.56 Å². The molecule has 7 heteroatoms. The molecule has 0 aliphatic heterocycles. The average Bonchev–Trinajstić information content (AvgIpc) is 2.24. The Morgan fingerprint density at radius 2 is 1.94 bits per heavy atom. The first-order valence-electron chi connectivity index (χ1n) is 4.35. The summed E-state index contributed by atoms with van der Waals surface area (Å²) in [5, 5.41) is 28.2. The van der Waals surface area contributed by atoms with Crippen LogP contribution in [0.15, 0.2) is 30.4 Å². The van der Waals surface area contributed by atoms with Gasteiger partial charge in [0.25, 0.3) is 0 Å². The molecule has 0 radical (unpaired) electrons. The number of hydrogen-bond donors (Lipinski definition) is 2. The van der Waals surface area contributed by atoms with E-state index in [0.29, 0.717) is 12.2 Å². The van der Waals surface area contributed by atoms with Crippen molar-refractivity contribution in [2.45, 2.75) is 0 Å². The van der Waals surface area contributed by atoms with Crippen LogP contribution in [0.5, 0.6) is 5.75 Å². The summed E-state index contributed by atoms with van der Waals surface area (Å²) >= 11 is 0. The number of aromatic hydroxyl groups is 1. The molecule has 88 valence electrons. The van der Waals surface area contributed by atoms with Gasteiger partial charge in [-0.2, -0.15) is 0 Å². The van der Waals surface area contributed by atoms with Crippen molar-refractivity contribution in [3.63, 3.8) is 0 Å². The highest BCUT2D eigenvalue weighted by Gasteiger charge is 2.22. The van der Waals surface area contributed by atoms with Crippen molar-refractivity contribution < 1.29 is 24.7 Å². The van der Waals surface area contributed by atoms with Gasteiger partial charge in [0.05, 0.1) is 4.92 Å². The van der Waals surface area contributed by atoms with E-state index in [4.69, 9.17) is 5.11 Å². The quantitative estimate of drug-likeness (QED) is 0.350. The highest BCUT2D eigenvalue weighted by Crippen LogP contribution is 2.29. The Kier molecular flexibility index (Phi) is 3.55. The third-order valence-corrected chi connectivity index (χ3v) is 1.84. The monoisotopic (exact) mass is 237 g/mol. The summed E-state index contributed by atoms with van der Waals surface area (Å²) in [5.74, 6) is -2.86. The van der Waals surface area contributed by atoms with Gasteiger partial charge in [0.2, 0.25) is 0 Å². The fourth-order valence-electron chi connectivity index (χ4n) is 1.16. The van der Waals surface area contributed by atoms with Gasteiger partial charge < -0.3 is 10.2 Å². The second-order valence-electron chi connectivity index (χ2n) is 2.97. The van der Waals surface area contributed by atoms with E-state index in [1.54, 1.807) is 0 Å². The zero-order chi connectivity index (χ0) is 13.0. The van der Waals surface area contributed by atoms with Gasteiger partial charge in [0, 0.05) is 6.08 Å². The molecule has 0 heterocycles. The number of nitro groups is 1. The van der Waals surface area contributed by atoms with E-state index in [0.717, 1.165) is 12.1 Å². The number of carbonyl (C=O) groups is 2. The maximum absolute atomic E-state index is 11.5. The number of nitro benzene ring substituents is 1. The summed E-state index contributed by atoms with van der Waals surface area (Å²) in [6.07, 6.45) is 1.25. The Morgan fingerprint density at radius 1 is 1.29 bits per heavy atom. The molecule has 0 atom stereocenters. The Balaban J connectivity index is 3.23. The lowest BCUT2D eigenvalue weighted by atomic mass is 10.1. The molecule has 17 heavy (non-hydrogen) atoms. The molecule has 0 spiro atoms. The molecular formula is C10H7NO6. The molecule has 0 amide bonds. The maximum Gasteiger partial charge on any atom is 0.328 e. The van der Waals surface area contributed by atoms with E-state index in [1.165, 1.54) is 6.07 Å². The molecule has 0 bridgehead atoms. The fraction of sp³-hybridized carbons (Fsp3) is 0. The number of hydrogen-bond acceptors (Lipinski definition) is 5. The number of allylic oxidation sites excluding steroid dienone is 1. The number of aliphatic carboxylic acids is 1. The largest absolute Gasteiger partial charge is 0.502 e. The van der Waals surface area contributed by atoms with Crippen LogP contribution in [-0.2, 0) is 4.79 Å². The van der Waals surface area contributed by atoms with E-state index >= 15 is 0 Å².